The molecule has 1 unspecified atom stereocenters. The average molecular weight is 396 g/mol. The molecule has 0 radical (unpaired) electrons. The minimum Gasteiger partial charge on any atom is -0.459 e. The zero-order valence-electron chi connectivity index (χ0n) is 17.1. The molecule has 1 spiro atoms. The number of nitrogens with zero attached hydrogens (tertiary/aromatic N) is 2. The van der Waals surface area contributed by atoms with Gasteiger partial charge < -0.3 is 14.6 Å². The maximum Gasteiger partial charge on any atom is 0.289 e. The summed E-state index contributed by atoms with van der Waals surface area (Å²) >= 11 is 0. The first-order chi connectivity index (χ1) is 14.0. The van der Waals surface area contributed by atoms with E-state index in [0.29, 0.717) is 31.3 Å². The quantitative estimate of drug-likeness (QED) is 0.817. The molecule has 1 N–H and O–H groups in total. The summed E-state index contributed by atoms with van der Waals surface area (Å²) in [6, 6.07) is 13.8. The van der Waals surface area contributed by atoms with Crippen molar-refractivity contribution >= 4 is 11.8 Å². The standard InChI is InChI=1S/C23H29N3O3/c1-17(2)11-24-21(27)19-13-25(12-18-7-4-3-5-8-18)14-23(19)15-26(16-23)22(28)20-9-6-10-29-20/h3-10,17,19H,11-16H2,1-2H3,(H,24,27). The van der Waals surface area contributed by atoms with Gasteiger partial charge in [-0.15, -0.1) is 0 Å². The summed E-state index contributed by atoms with van der Waals surface area (Å²) in [5.74, 6) is 0.684. The summed E-state index contributed by atoms with van der Waals surface area (Å²) in [7, 11) is 0. The zero-order valence-corrected chi connectivity index (χ0v) is 17.1. The lowest BCUT2D eigenvalue weighted by Gasteiger charge is -2.50. The number of carbonyl (C=O) groups excluding carboxylic acids is 2. The molecule has 2 aliphatic heterocycles. The lowest BCUT2D eigenvalue weighted by molar-refractivity contribution is -0.131. The van der Waals surface area contributed by atoms with Crippen molar-refractivity contribution in [3.8, 4) is 0 Å². The molecule has 2 fully saturated rings. The number of benzene rings is 1. The average Bonchev–Trinajstić information content (AvgIpc) is 3.33. The maximum atomic E-state index is 13.0. The van der Waals surface area contributed by atoms with E-state index in [4.69, 9.17) is 4.42 Å². The Morgan fingerprint density at radius 1 is 1.14 bits per heavy atom. The van der Waals surface area contributed by atoms with Crippen LogP contribution in [0, 0.1) is 17.3 Å². The molecule has 6 heteroatoms. The number of rotatable bonds is 6. The first kappa shape index (κ1) is 19.7. The molecule has 0 aliphatic carbocycles. The molecule has 29 heavy (non-hydrogen) atoms. The van der Waals surface area contributed by atoms with Crippen molar-refractivity contribution in [2.45, 2.75) is 20.4 Å². The molecule has 0 saturated carbocycles. The summed E-state index contributed by atoms with van der Waals surface area (Å²) in [5, 5.41) is 3.12. The summed E-state index contributed by atoms with van der Waals surface area (Å²) in [6.07, 6.45) is 1.52. The lowest BCUT2D eigenvalue weighted by atomic mass is 9.71. The van der Waals surface area contributed by atoms with E-state index in [1.165, 1.54) is 11.8 Å². The fourth-order valence-corrected chi connectivity index (χ4v) is 4.56. The van der Waals surface area contributed by atoms with Crippen LogP contribution in [0.15, 0.2) is 53.1 Å². The summed E-state index contributed by atoms with van der Waals surface area (Å²) < 4.78 is 5.26. The normalized spacial score (nSPS) is 20.8. The molecule has 1 aromatic carbocycles. The van der Waals surface area contributed by atoms with Crippen LogP contribution in [-0.2, 0) is 11.3 Å². The van der Waals surface area contributed by atoms with Crippen molar-refractivity contribution in [3.05, 3.63) is 60.1 Å². The summed E-state index contributed by atoms with van der Waals surface area (Å²) in [4.78, 5) is 29.8. The van der Waals surface area contributed by atoms with E-state index in [2.05, 4.69) is 36.2 Å². The van der Waals surface area contributed by atoms with Crippen molar-refractivity contribution in [1.82, 2.24) is 15.1 Å². The predicted molar refractivity (Wildman–Crippen MR) is 110 cm³/mol. The molecule has 2 amide bonds. The van der Waals surface area contributed by atoms with Gasteiger partial charge in [-0.25, -0.2) is 0 Å². The van der Waals surface area contributed by atoms with Crippen LogP contribution in [0.4, 0.5) is 0 Å². The molecule has 0 bridgehead atoms. The van der Waals surface area contributed by atoms with Gasteiger partial charge in [-0.1, -0.05) is 44.2 Å². The number of carbonyl (C=O) groups is 2. The Morgan fingerprint density at radius 3 is 2.55 bits per heavy atom. The molecular weight excluding hydrogens is 366 g/mol. The molecule has 2 aliphatic rings. The van der Waals surface area contributed by atoms with E-state index in [1.807, 2.05) is 18.2 Å². The maximum absolute atomic E-state index is 13.0. The van der Waals surface area contributed by atoms with Crippen LogP contribution in [0.2, 0.25) is 0 Å². The highest BCUT2D eigenvalue weighted by atomic mass is 16.3. The third kappa shape index (κ3) is 4.08. The highest BCUT2D eigenvalue weighted by molar-refractivity contribution is 5.92. The highest BCUT2D eigenvalue weighted by Gasteiger charge is 2.57. The van der Waals surface area contributed by atoms with Gasteiger partial charge in [0.05, 0.1) is 12.2 Å². The van der Waals surface area contributed by atoms with Gasteiger partial charge in [-0.05, 0) is 23.6 Å². The van der Waals surface area contributed by atoms with Crippen LogP contribution in [0.1, 0.15) is 30.0 Å². The zero-order chi connectivity index (χ0) is 20.4. The van der Waals surface area contributed by atoms with Gasteiger partial charge in [0.1, 0.15) is 0 Å². The number of furan rings is 1. The van der Waals surface area contributed by atoms with Gasteiger partial charge in [-0.2, -0.15) is 0 Å². The van der Waals surface area contributed by atoms with Gasteiger partial charge in [0.25, 0.3) is 5.91 Å². The van der Waals surface area contributed by atoms with Crippen LogP contribution >= 0.6 is 0 Å². The summed E-state index contributed by atoms with van der Waals surface area (Å²) in [6.45, 7) is 8.43. The third-order valence-corrected chi connectivity index (χ3v) is 6.00. The van der Waals surface area contributed by atoms with Crippen molar-refractivity contribution in [2.75, 3.05) is 32.7 Å². The Bertz CT molecular complexity index is 842. The number of hydrogen-bond acceptors (Lipinski definition) is 4. The highest BCUT2D eigenvalue weighted by Crippen LogP contribution is 2.45. The van der Waals surface area contributed by atoms with Gasteiger partial charge >= 0.3 is 0 Å². The number of nitrogens with one attached hydrogen (secondary N) is 1. The van der Waals surface area contributed by atoms with E-state index in [0.717, 1.165) is 19.6 Å². The molecule has 4 rings (SSSR count). The molecule has 1 aromatic heterocycles. The van der Waals surface area contributed by atoms with Crippen LogP contribution in [-0.4, -0.2) is 54.3 Å². The Balaban J connectivity index is 1.47. The fourth-order valence-electron chi connectivity index (χ4n) is 4.56. The first-order valence-electron chi connectivity index (χ1n) is 10.3. The Morgan fingerprint density at radius 2 is 1.90 bits per heavy atom. The van der Waals surface area contributed by atoms with Gasteiger partial charge in [0.15, 0.2) is 5.76 Å². The largest absolute Gasteiger partial charge is 0.459 e. The minimum atomic E-state index is -0.182. The van der Waals surface area contributed by atoms with Crippen LogP contribution in [0.3, 0.4) is 0 Å². The number of hydrogen-bond donors (Lipinski definition) is 1. The van der Waals surface area contributed by atoms with E-state index in [1.54, 1.807) is 17.0 Å². The van der Waals surface area contributed by atoms with Crippen LogP contribution < -0.4 is 5.32 Å². The third-order valence-electron chi connectivity index (χ3n) is 6.00. The molecule has 6 nitrogen and oxygen atoms in total. The van der Waals surface area contributed by atoms with Gasteiger partial charge in [-0.3, -0.25) is 14.5 Å². The van der Waals surface area contributed by atoms with Crippen LogP contribution in [0.25, 0.3) is 0 Å². The second kappa shape index (κ2) is 8.03. The van der Waals surface area contributed by atoms with E-state index in [9.17, 15) is 9.59 Å². The number of likely N-dealkylation sites (tertiary alicyclic amines) is 2. The molecule has 1 atom stereocenters. The Kier molecular flexibility index (Phi) is 5.46. The van der Waals surface area contributed by atoms with Crippen molar-refractivity contribution in [3.63, 3.8) is 0 Å². The first-order valence-corrected chi connectivity index (χ1v) is 10.3. The van der Waals surface area contributed by atoms with E-state index >= 15 is 0 Å². The SMILES string of the molecule is CC(C)CNC(=O)C1CN(Cc2ccccc2)CC12CN(C(=O)c1ccco1)C2. The monoisotopic (exact) mass is 395 g/mol. The summed E-state index contributed by atoms with van der Waals surface area (Å²) in [5.41, 5.74) is 1.06. The van der Waals surface area contributed by atoms with E-state index in [-0.39, 0.29) is 23.1 Å². The minimum absolute atomic E-state index is 0.0940. The van der Waals surface area contributed by atoms with Crippen molar-refractivity contribution in [1.29, 1.82) is 0 Å². The van der Waals surface area contributed by atoms with E-state index < -0.39 is 0 Å². The van der Waals surface area contributed by atoms with Crippen molar-refractivity contribution < 1.29 is 14.0 Å². The fraction of sp³-hybridized carbons (Fsp3) is 0.478. The lowest BCUT2D eigenvalue weighted by Crippen LogP contribution is -2.64. The Labute approximate surface area is 171 Å². The molecule has 2 saturated heterocycles. The molecular formula is C23H29N3O3. The molecule has 3 heterocycles. The van der Waals surface area contributed by atoms with Gasteiger partial charge in [0, 0.05) is 44.7 Å². The Hall–Kier alpha value is -2.60. The second-order valence-corrected chi connectivity index (χ2v) is 8.85. The second-order valence-electron chi connectivity index (χ2n) is 8.85. The van der Waals surface area contributed by atoms with Gasteiger partial charge in [0.2, 0.25) is 5.91 Å². The topological polar surface area (TPSA) is 65.8 Å². The predicted octanol–water partition coefficient (Wildman–Crippen LogP) is 2.63. The molecule has 154 valence electrons. The van der Waals surface area contributed by atoms with Crippen molar-refractivity contribution in [2.24, 2.45) is 17.3 Å². The van der Waals surface area contributed by atoms with Crippen LogP contribution in [0.5, 0.6) is 0 Å². The smallest absolute Gasteiger partial charge is 0.289 e. The number of amides is 2. The molecule has 2 aromatic rings.